The Labute approximate surface area is 113 Å². The quantitative estimate of drug-likeness (QED) is 0.853. The van der Waals surface area contributed by atoms with Gasteiger partial charge in [0.2, 0.25) is 0 Å². The molecule has 1 unspecified atom stereocenters. The Hall–Kier alpha value is -2.47. The van der Waals surface area contributed by atoms with Crippen molar-refractivity contribution in [1.29, 1.82) is 5.26 Å². The number of hydrogen-bond acceptors (Lipinski definition) is 3. The first-order chi connectivity index (χ1) is 9.11. The van der Waals surface area contributed by atoms with Crippen LogP contribution in [0.3, 0.4) is 0 Å². The highest BCUT2D eigenvalue weighted by molar-refractivity contribution is 5.50. The number of nitrogens with two attached hydrogens (primary N) is 1. The lowest BCUT2D eigenvalue weighted by molar-refractivity contribution is 1.03. The molecule has 0 aliphatic heterocycles. The lowest BCUT2D eigenvalue weighted by Gasteiger charge is -2.15. The summed E-state index contributed by atoms with van der Waals surface area (Å²) in [4.78, 5) is 2.04. The number of nitrogen functional groups attached to an aromatic ring is 1. The van der Waals surface area contributed by atoms with E-state index in [0.717, 1.165) is 16.8 Å². The second-order valence-electron chi connectivity index (χ2n) is 4.71. The minimum atomic E-state index is -0.253. The molecule has 0 spiro atoms. The third-order valence-electron chi connectivity index (χ3n) is 3.14. The minimum absolute atomic E-state index is 0.253. The Kier molecular flexibility index (Phi) is 3.72. The minimum Gasteiger partial charge on any atom is -0.399 e. The summed E-state index contributed by atoms with van der Waals surface area (Å²) < 4.78 is 0. The van der Waals surface area contributed by atoms with E-state index >= 15 is 0 Å². The molecular weight excluding hydrogens is 234 g/mol. The van der Waals surface area contributed by atoms with Crippen molar-refractivity contribution in [3.63, 3.8) is 0 Å². The summed E-state index contributed by atoms with van der Waals surface area (Å²) in [7, 11) is 3.99. The smallest absolute Gasteiger partial charge is 0.0962 e. The first-order valence-electron chi connectivity index (χ1n) is 6.14. The molecule has 0 heterocycles. The van der Waals surface area contributed by atoms with Crippen LogP contribution in [0.25, 0.3) is 0 Å². The fourth-order valence-corrected chi connectivity index (χ4v) is 1.99. The van der Waals surface area contributed by atoms with Crippen molar-refractivity contribution in [2.24, 2.45) is 0 Å². The molecule has 0 bridgehead atoms. The normalized spacial score (nSPS) is 11.6. The zero-order valence-corrected chi connectivity index (χ0v) is 11.2. The van der Waals surface area contributed by atoms with E-state index in [2.05, 4.69) is 6.07 Å². The molecule has 3 nitrogen and oxygen atoms in total. The number of rotatable bonds is 3. The van der Waals surface area contributed by atoms with Gasteiger partial charge in [0.15, 0.2) is 0 Å². The highest BCUT2D eigenvalue weighted by atomic mass is 15.1. The van der Waals surface area contributed by atoms with Crippen LogP contribution < -0.4 is 10.6 Å². The Bertz CT molecular complexity index is 577. The van der Waals surface area contributed by atoms with Crippen molar-refractivity contribution >= 4 is 11.4 Å². The molecule has 2 N–H and O–H groups in total. The monoisotopic (exact) mass is 251 g/mol. The number of hydrogen-bond donors (Lipinski definition) is 1. The molecule has 2 aromatic rings. The van der Waals surface area contributed by atoms with Crippen molar-refractivity contribution in [2.75, 3.05) is 24.7 Å². The Morgan fingerprint density at radius 2 is 1.42 bits per heavy atom. The second kappa shape index (κ2) is 5.45. The van der Waals surface area contributed by atoms with Crippen molar-refractivity contribution in [1.82, 2.24) is 0 Å². The lowest BCUT2D eigenvalue weighted by atomic mass is 9.92. The van der Waals surface area contributed by atoms with Gasteiger partial charge in [0.1, 0.15) is 0 Å². The van der Waals surface area contributed by atoms with Crippen LogP contribution in [-0.4, -0.2) is 14.1 Å². The van der Waals surface area contributed by atoms with Crippen molar-refractivity contribution in [3.8, 4) is 6.07 Å². The van der Waals surface area contributed by atoms with Crippen molar-refractivity contribution in [3.05, 3.63) is 59.7 Å². The average molecular weight is 251 g/mol. The van der Waals surface area contributed by atoms with Gasteiger partial charge in [-0.2, -0.15) is 5.26 Å². The highest BCUT2D eigenvalue weighted by Crippen LogP contribution is 2.26. The molecule has 0 radical (unpaired) electrons. The van der Waals surface area contributed by atoms with Gasteiger partial charge in [0.05, 0.1) is 12.0 Å². The van der Waals surface area contributed by atoms with Crippen LogP contribution in [0.5, 0.6) is 0 Å². The molecule has 0 saturated carbocycles. The predicted molar refractivity (Wildman–Crippen MR) is 79.1 cm³/mol. The van der Waals surface area contributed by atoms with E-state index in [4.69, 9.17) is 5.73 Å². The molecule has 0 aliphatic carbocycles. The van der Waals surface area contributed by atoms with Gasteiger partial charge in [-0.05, 0) is 35.4 Å². The van der Waals surface area contributed by atoms with E-state index in [1.54, 1.807) is 0 Å². The summed E-state index contributed by atoms with van der Waals surface area (Å²) in [6, 6.07) is 17.9. The average Bonchev–Trinajstić information content (AvgIpc) is 2.42. The van der Waals surface area contributed by atoms with Crippen LogP contribution in [0, 0.1) is 11.3 Å². The topological polar surface area (TPSA) is 53.0 Å². The van der Waals surface area contributed by atoms with Gasteiger partial charge in [-0.1, -0.05) is 24.3 Å². The van der Waals surface area contributed by atoms with Crippen LogP contribution >= 0.6 is 0 Å². The zero-order chi connectivity index (χ0) is 13.8. The maximum Gasteiger partial charge on any atom is 0.0962 e. The molecule has 0 aromatic heterocycles. The van der Waals surface area contributed by atoms with Crippen LogP contribution in [0.2, 0.25) is 0 Å². The maximum absolute atomic E-state index is 9.39. The van der Waals surface area contributed by atoms with Crippen LogP contribution in [0.4, 0.5) is 11.4 Å². The van der Waals surface area contributed by atoms with Gasteiger partial charge in [0, 0.05) is 25.5 Å². The zero-order valence-electron chi connectivity index (χ0n) is 11.2. The molecular formula is C16H17N3. The van der Waals surface area contributed by atoms with Crippen molar-refractivity contribution < 1.29 is 0 Å². The molecule has 19 heavy (non-hydrogen) atoms. The SMILES string of the molecule is CN(C)c1ccc(C(C#N)c2ccc(N)cc2)cc1. The summed E-state index contributed by atoms with van der Waals surface area (Å²) in [5.41, 5.74) is 9.47. The van der Waals surface area contributed by atoms with Gasteiger partial charge < -0.3 is 10.6 Å². The largest absolute Gasteiger partial charge is 0.399 e. The Morgan fingerprint density at radius 1 is 0.947 bits per heavy atom. The summed E-state index contributed by atoms with van der Waals surface area (Å²) >= 11 is 0. The number of benzene rings is 2. The van der Waals surface area contributed by atoms with Gasteiger partial charge in [-0.25, -0.2) is 0 Å². The van der Waals surface area contributed by atoms with E-state index in [-0.39, 0.29) is 5.92 Å². The molecule has 3 heteroatoms. The van der Waals surface area contributed by atoms with Crippen LogP contribution in [-0.2, 0) is 0 Å². The van der Waals surface area contributed by atoms with E-state index < -0.39 is 0 Å². The molecule has 2 aromatic carbocycles. The van der Waals surface area contributed by atoms with Crippen molar-refractivity contribution in [2.45, 2.75) is 5.92 Å². The fourth-order valence-electron chi connectivity index (χ4n) is 1.99. The third-order valence-corrected chi connectivity index (χ3v) is 3.14. The number of nitrogens with zero attached hydrogens (tertiary/aromatic N) is 2. The predicted octanol–water partition coefficient (Wildman–Crippen LogP) is 2.99. The van der Waals surface area contributed by atoms with E-state index in [1.807, 2.05) is 67.5 Å². The van der Waals surface area contributed by atoms with E-state index in [9.17, 15) is 5.26 Å². The lowest BCUT2D eigenvalue weighted by Crippen LogP contribution is -2.08. The Morgan fingerprint density at radius 3 is 1.84 bits per heavy atom. The van der Waals surface area contributed by atoms with Gasteiger partial charge in [-0.15, -0.1) is 0 Å². The molecule has 0 aliphatic rings. The summed E-state index contributed by atoms with van der Waals surface area (Å²) in [5, 5.41) is 9.39. The molecule has 0 saturated heterocycles. The molecule has 0 amide bonds. The fraction of sp³-hybridized carbons (Fsp3) is 0.188. The molecule has 96 valence electrons. The molecule has 2 rings (SSSR count). The molecule has 1 atom stereocenters. The number of anilines is 2. The summed E-state index contributed by atoms with van der Waals surface area (Å²) in [5.74, 6) is -0.253. The van der Waals surface area contributed by atoms with Gasteiger partial charge in [0.25, 0.3) is 0 Å². The van der Waals surface area contributed by atoms with Crippen LogP contribution in [0.15, 0.2) is 48.5 Å². The Balaban J connectivity index is 2.32. The van der Waals surface area contributed by atoms with Gasteiger partial charge >= 0.3 is 0 Å². The van der Waals surface area contributed by atoms with Crippen LogP contribution in [0.1, 0.15) is 17.0 Å². The third kappa shape index (κ3) is 2.86. The molecule has 0 fully saturated rings. The summed E-state index contributed by atoms with van der Waals surface area (Å²) in [6.07, 6.45) is 0. The first-order valence-corrected chi connectivity index (χ1v) is 6.14. The summed E-state index contributed by atoms with van der Waals surface area (Å²) in [6.45, 7) is 0. The maximum atomic E-state index is 9.39. The van der Waals surface area contributed by atoms with Gasteiger partial charge in [-0.3, -0.25) is 0 Å². The first kappa shape index (κ1) is 13.0. The standard InChI is InChI=1S/C16H17N3/c1-19(2)15-9-5-13(6-10-15)16(11-17)12-3-7-14(18)8-4-12/h3-10,16H,18H2,1-2H3. The second-order valence-corrected chi connectivity index (χ2v) is 4.71. The highest BCUT2D eigenvalue weighted by Gasteiger charge is 2.13. The van der Waals surface area contributed by atoms with E-state index in [1.165, 1.54) is 0 Å². The van der Waals surface area contributed by atoms with E-state index in [0.29, 0.717) is 5.69 Å². The number of nitriles is 1.